The molecule has 0 N–H and O–H groups in total. The molecule has 0 spiro atoms. The van der Waals surface area contributed by atoms with E-state index in [-0.39, 0.29) is 11.1 Å². The summed E-state index contributed by atoms with van der Waals surface area (Å²) in [6.45, 7) is 0. The van der Waals surface area contributed by atoms with Crippen molar-refractivity contribution in [2.24, 2.45) is 0 Å². The molecule has 0 aliphatic rings. The molecular weight excluding hydrogens is 247 g/mol. The van der Waals surface area contributed by atoms with Crippen molar-refractivity contribution in [2.75, 3.05) is 0 Å². The minimum atomic E-state index is -0.685. The van der Waals surface area contributed by atoms with E-state index in [1.165, 1.54) is 6.07 Å². The van der Waals surface area contributed by atoms with Gasteiger partial charge >= 0.3 is 0 Å². The molecule has 4 heteroatoms. The topological polar surface area (TPSA) is 34.1 Å². The van der Waals surface area contributed by atoms with E-state index in [9.17, 15) is 9.59 Å². The van der Waals surface area contributed by atoms with E-state index < -0.39 is 10.5 Å². The summed E-state index contributed by atoms with van der Waals surface area (Å²) >= 11 is 10.9. The van der Waals surface area contributed by atoms with Crippen molar-refractivity contribution in [1.29, 1.82) is 0 Å². The Bertz CT molecular complexity index is 591. The van der Waals surface area contributed by atoms with Crippen LogP contribution in [0.25, 0.3) is 10.8 Å². The average molecular weight is 253 g/mol. The lowest BCUT2D eigenvalue weighted by atomic mass is 10.0. The van der Waals surface area contributed by atoms with Gasteiger partial charge < -0.3 is 0 Å². The summed E-state index contributed by atoms with van der Waals surface area (Å²) in [6, 6.07) is 10.4. The zero-order chi connectivity index (χ0) is 11.7. The number of fused-ring (bicyclic) bond motifs is 1. The maximum Gasteiger partial charge on any atom is 0.253 e. The first-order chi connectivity index (χ1) is 7.61. The van der Waals surface area contributed by atoms with Crippen LogP contribution >= 0.6 is 23.2 Å². The van der Waals surface area contributed by atoms with Gasteiger partial charge in [-0.05, 0) is 40.0 Å². The van der Waals surface area contributed by atoms with Crippen LogP contribution in [0.1, 0.15) is 20.7 Å². The third-order valence-electron chi connectivity index (χ3n) is 2.34. The Labute approximate surface area is 102 Å². The van der Waals surface area contributed by atoms with Crippen LogP contribution in [-0.2, 0) is 0 Å². The third kappa shape index (κ3) is 1.82. The molecule has 0 aliphatic carbocycles. The van der Waals surface area contributed by atoms with Crippen LogP contribution in [0.2, 0.25) is 0 Å². The second kappa shape index (κ2) is 4.24. The summed E-state index contributed by atoms with van der Waals surface area (Å²) in [6.07, 6.45) is 0. The molecule has 0 saturated heterocycles. The lowest BCUT2D eigenvalue weighted by Gasteiger charge is -2.06. The molecule has 0 bridgehead atoms. The van der Waals surface area contributed by atoms with Gasteiger partial charge in [-0.1, -0.05) is 30.3 Å². The zero-order valence-corrected chi connectivity index (χ0v) is 9.55. The van der Waals surface area contributed by atoms with Crippen LogP contribution in [0, 0.1) is 0 Å². The Morgan fingerprint density at radius 1 is 0.875 bits per heavy atom. The zero-order valence-electron chi connectivity index (χ0n) is 8.04. The highest BCUT2D eigenvalue weighted by Gasteiger charge is 2.17. The summed E-state index contributed by atoms with van der Waals surface area (Å²) in [5.74, 6) is 0. The molecule has 0 amide bonds. The molecule has 0 saturated carbocycles. The summed E-state index contributed by atoms with van der Waals surface area (Å²) in [7, 11) is 0. The van der Waals surface area contributed by atoms with Gasteiger partial charge in [0.1, 0.15) is 0 Å². The number of hydrogen-bond acceptors (Lipinski definition) is 2. The fraction of sp³-hybridized carbons (Fsp3) is 0. The van der Waals surface area contributed by atoms with Gasteiger partial charge in [0, 0.05) is 5.56 Å². The fourth-order valence-corrected chi connectivity index (χ4v) is 2.01. The van der Waals surface area contributed by atoms with Crippen LogP contribution in [0.3, 0.4) is 0 Å². The molecule has 0 unspecified atom stereocenters. The minimum Gasteiger partial charge on any atom is -0.276 e. The van der Waals surface area contributed by atoms with E-state index >= 15 is 0 Å². The maximum absolute atomic E-state index is 11.3. The van der Waals surface area contributed by atoms with Crippen molar-refractivity contribution >= 4 is 44.5 Å². The fourth-order valence-electron chi connectivity index (χ4n) is 1.65. The number of rotatable bonds is 2. The van der Waals surface area contributed by atoms with Crippen molar-refractivity contribution in [1.82, 2.24) is 0 Å². The number of carbonyl (C=O) groups is 2. The monoisotopic (exact) mass is 252 g/mol. The SMILES string of the molecule is O=C(Cl)c1ccc2ccccc2c1C(=O)Cl. The number of hydrogen-bond donors (Lipinski definition) is 0. The molecule has 0 radical (unpaired) electrons. The lowest BCUT2D eigenvalue weighted by molar-refractivity contribution is 0.105. The van der Waals surface area contributed by atoms with Crippen LogP contribution in [0.5, 0.6) is 0 Å². The number of benzene rings is 2. The van der Waals surface area contributed by atoms with Crippen LogP contribution in [-0.4, -0.2) is 10.5 Å². The molecule has 0 heterocycles. The summed E-state index contributed by atoms with van der Waals surface area (Å²) in [5, 5.41) is 0.109. The number of halogens is 2. The van der Waals surface area contributed by atoms with E-state index in [1.807, 2.05) is 12.1 Å². The second-order valence-corrected chi connectivity index (χ2v) is 3.94. The lowest BCUT2D eigenvalue weighted by Crippen LogP contribution is -2.01. The molecule has 0 aliphatic heterocycles. The van der Waals surface area contributed by atoms with E-state index in [4.69, 9.17) is 23.2 Å². The van der Waals surface area contributed by atoms with Gasteiger partial charge in [-0.25, -0.2) is 0 Å². The predicted molar refractivity (Wildman–Crippen MR) is 64.3 cm³/mol. The quantitative estimate of drug-likeness (QED) is 0.766. The smallest absolute Gasteiger partial charge is 0.253 e. The predicted octanol–water partition coefficient (Wildman–Crippen LogP) is 3.60. The van der Waals surface area contributed by atoms with Gasteiger partial charge in [0.25, 0.3) is 10.5 Å². The summed E-state index contributed by atoms with van der Waals surface area (Å²) in [5.41, 5.74) is 0.306. The first-order valence-corrected chi connectivity index (χ1v) is 5.28. The van der Waals surface area contributed by atoms with Gasteiger partial charge in [0.2, 0.25) is 0 Å². The first-order valence-electron chi connectivity index (χ1n) is 4.52. The Morgan fingerprint density at radius 2 is 1.56 bits per heavy atom. The Morgan fingerprint density at radius 3 is 2.19 bits per heavy atom. The molecule has 0 aromatic heterocycles. The van der Waals surface area contributed by atoms with E-state index in [0.29, 0.717) is 5.39 Å². The largest absolute Gasteiger partial charge is 0.276 e. The highest BCUT2D eigenvalue weighted by atomic mass is 35.5. The minimum absolute atomic E-state index is 0.139. The third-order valence-corrected chi connectivity index (χ3v) is 2.73. The number of carbonyl (C=O) groups excluding carboxylic acids is 2. The van der Waals surface area contributed by atoms with E-state index in [0.717, 1.165) is 5.39 Å². The molecule has 2 nitrogen and oxygen atoms in total. The van der Waals surface area contributed by atoms with Crippen LogP contribution in [0.4, 0.5) is 0 Å². The van der Waals surface area contributed by atoms with Gasteiger partial charge in [-0.3, -0.25) is 9.59 Å². The molecule has 0 atom stereocenters. The van der Waals surface area contributed by atoms with Gasteiger partial charge in [-0.15, -0.1) is 0 Å². The Kier molecular flexibility index (Phi) is 2.95. The second-order valence-electron chi connectivity index (χ2n) is 3.26. The van der Waals surface area contributed by atoms with Gasteiger partial charge in [0.15, 0.2) is 0 Å². The molecule has 0 fully saturated rings. The molecule has 80 valence electrons. The normalized spacial score (nSPS) is 10.4. The van der Waals surface area contributed by atoms with Crippen molar-refractivity contribution in [3.63, 3.8) is 0 Å². The van der Waals surface area contributed by atoms with E-state index in [2.05, 4.69) is 0 Å². The van der Waals surface area contributed by atoms with Crippen LogP contribution < -0.4 is 0 Å². The highest BCUT2D eigenvalue weighted by Crippen LogP contribution is 2.25. The summed E-state index contributed by atoms with van der Waals surface area (Å²) < 4.78 is 0. The Balaban J connectivity index is 2.90. The standard InChI is InChI=1S/C12H6Cl2O2/c13-11(15)9-6-5-7-3-1-2-4-8(7)10(9)12(14)16/h1-6H. The first kappa shape index (κ1) is 11.1. The molecule has 2 aromatic rings. The molecular formula is C12H6Cl2O2. The average Bonchev–Trinajstić information content (AvgIpc) is 2.27. The highest BCUT2D eigenvalue weighted by molar-refractivity contribution is 6.72. The van der Waals surface area contributed by atoms with Crippen molar-refractivity contribution in [3.05, 3.63) is 47.5 Å². The Hall–Kier alpha value is -1.38. The van der Waals surface area contributed by atoms with Gasteiger partial charge in [-0.2, -0.15) is 0 Å². The van der Waals surface area contributed by atoms with Gasteiger partial charge in [0.05, 0.1) is 5.56 Å². The molecule has 2 aromatic carbocycles. The molecule has 16 heavy (non-hydrogen) atoms. The van der Waals surface area contributed by atoms with Crippen molar-refractivity contribution in [3.8, 4) is 0 Å². The molecule has 2 rings (SSSR count). The summed E-state index contributed by atoms with van der Waals surface area (Å²) in [4.78, 5) is 22.5. The van der Waals surface area contributed by atoms with E-state index in [1.54, 1.807) is 18.2 Å². The van der Waals surface area contributed by atoms with Crippen molar-refractivity contribution in [2.45, 2.75) is 0 Å². The van der Waals surface area contributed by atoms with Crippen molar-refractivity contribution < 1.29 is 9.59 Å². The van der Waals surface area contributed by atoms with Crippen LogP contribution in [0.15, 0.2) is 36.4 Å². The maximum atomic E-state index is 11.3.